The van der Waals surface area contributed by atoms with Crippen molar-refractivity contribution in [2.75, 3.05) is 18.6 Å². The van der Waals surface area contributed by atoms with Crippen LogP contribution in [0.3, 0.4) is 0 Å². The molecule has 0 aliphatic heterocycles. The van der Waals surface area contributed by atoms with Crippen LogP contribution >= 0.6 is 0 Å². The highest BCUT2D eigenvalue weighted by Crippen LogP contribution is 2.24. The number of amides is 2. The molecule has 0 atom stereocenters. The van der Waals surface area contributed by atoms with Gasteiger partial charge in [0.1, 0.15) is 5.75 Å². The second-order valence-corrected chi connectivity index (χ2v) is 5.70. The first-order valence-electron chi connectivity index (χ1n) is 8.15. The van der Waals surface area contributed by atoms with Gasteiger partial charge in [-0.1, -0.05) is 18.2 Å². The summed E-state index contributed by atoms with van der Waals surface area (Å²) in [6.45, 7) is 1.17. The number of methoxy groups -OCH3 is 1. The van der Waals surface area contributed by atoms with E-state index in [1.807, 2.05) is 0 Å². The van der Waals surface area contributed by atoms with Gasteiger partial charge < -0.3 is 15.0 Å². The van der Waals surface area contributed by atoms with Crippen LogP contribution in [0.4, 0.5) is 18.9 Å². The summed E-state index contributed by atoms with van der Waals surface area (Å²) in [5, 5.41) is 2.67. The Labute approximate surface area is 154 Å². The Balaban J connectivity index is 2.01. The molecule has 8 heteroatoms. The number of ether oxygens (including phenoxy) is 1. The number of nitrogens with zero attached hydrogens (tertiary/aromatic N) is 1. The highest BCUT2D eigenvalue weighted by atomic mass is 19.2. The van der Waals surface area contributed by atoms with Gasteiger partial charge in [-0.2, -0.15) is 0 Å². The highest BCUT2D eigenvalue weighted by Gasteiger charge is 2.21. The molecule has 0 fully saturated rings. The predicted molar refractivity (Wildman–Crippen MR) is 93.8 cm³/mol. The summed E-state index contributed by atoms with van der Waals surface area (Å²) in [7, 11) is 1.52. The van der Waals surface area contributed by atoms with Crippen molar-refractivity contribution >= 4 is 17.5 Å². The summed E-state index contributed by atoms with van der Waals surface area (Å²) in [4.78, 5) is 24.7. The maximum atomic E-state index is 13.9. The lowest BCUT2D eigenvalue weighted by Gasteiger charge is -2.21. The van der Waals surface area contributed by atoms with E-state index < -0.39 is 35.0 Å². The van der Waals surface area contributed by atoms with Gasteiger partial charge in [0, 0.05) is 32.0 Å². The molecule has 5 nitrogen and oxygen atoms in total. The van der Waals surface area contributed by atoms with Crippen LogP contribution in [-0.2, 0) is 16.1 Å². The monoisotopic (exact) mass is 380 g/mol. The maximum Gasteiger partial charge on any atom is 0.223 e. The number of rotatable bonds is 7. The van der Waals surface area contributed by atoms with E-state index in [0.29, 0.717) is 5.75 Å². The molecular formula is C19H19F3N2O3. The van der Waals surface area contributed by atoms with Crippen molar-refractivity contribution in [2.45, 2.75) is 19.9 Å². The third-order valence-electron chi connectivity index (χ3n) is 3.92. The number of halogens is 3. The van der Waals surface area contributed by atoms with Crippen LogP contribution in [0.25, 0.3) is 0 Å². The molecular weight excluding hydrogens is 361 g/mol. The second-order valence-electron chi connectivity index (χ2n) is 5.70. The molecule has 0 aliphatic rings. The summed E-state index contributed by atoms with van der Waals surface area (Å²) in [5.41, 5.74) is 0.349. The smallest absolute Gasteiger partial charge is 0.223 e. The molecule has 2 aromatic carbocycles. The largest absolute Gasteiger partial charge is 0.496 e. The minimum atomic E-state index is -1.67. The van der Waals surface area contributed by atoms with Crippen LogP contribution < -0.4 is 15.0 Å². The molecule has 1 N–H and O–H groups in total. The fraction of sp³-hybridized carbons (Fsp3) is 0.263. The molecule has 2 aromatic rings. The van der Waals surface area contributed by atoms with Gasteiger partial charge in [0.2, 0.25) is 11.8 Å². The number of para-hydroxylation sites is 1. The van der Waals surface area contributed by atoms with Gasteiger partial charge in [-0.3, -0.25) is 9.59 Å². The van der Waals surface area contributed by atoms with E-state index in [0.717, 1.165) is 29.5 Å². The van der Waals surface area contributed by atoms with E-state index in [-0.39, 0.29) is 19.5 Å². The Morgan fingerprint density at radius 2 is 1.78 bits per heavy atom. The molecule has 27 heavy (non-hydrogen) atoms. The van der Waals surface area contributed by atoms with Crippen molar-refractivity contribution in [3.05, 3.63) is 59.4 Å². The molecule has 2 rings (SSSR count). The molecule has 144 valence electrons. The molecule has 0 saturated heterocycles. The van der Waals surface area contributed by atoms with Gasteiger partial charge in [-0.15, -0.1) is 0 Å². The van der Waals surface area contributed by atoms with Crippen LogP contribution in [0, 0.1) is 17.5 Å². The number of benzene rings is 2. The minimum Gasteiger partial charge on any atom is -0.496 e. The van der Waals surface area contributed by atoms with Crippen molar-refractivity contribution in [3.8, 4) is 5.75 Å². The average Bonchev–Trinajstić information content (AvgIpc) is 2.66. The second kappa shape index (κ2) is 9.07. The van der Waals surface area contributed by atoms with Gasteiger partial charge in [-0.05, 0) is 18.2 Å². The number of carbonyl (C=O) groups is 2. The molecule has 0 bridgehead atoms. The summed E-state index contributed by atoms with van der Waals surface area (Å²) in [5.74, 6) is -4.87. The maximum absolute atomic E-state index is 13.9. The number of anilines is 1. The normalized spacial score (nSPS) is 10.4. The van der Waals surface area contributed by atoms with Gasteiger partial charge in [0.15, 0.2) is 17.5 Å². The highest BCUT2D eigenvalue weighted by molar-refractivity contribution is 5.92. The zero-order valence-corrected chi connectivity index (χ0v) is 14.9. The van der Waals surface area contributed by atoms with Crippen LogP contribution in [0.5, 0.6) is 5.75 Å². The Hall–Kier alpha value is -3.03. The number of carbonyl (C=O) groups excluding carboxylic acids is 2. The Bertz CT molecular complexity index is 843. The quantitative estimate of drug-likeness (QED) is 0.751. The topological polar surface area (TPSA) is 58.6 Å². The molecule has 2 amide bonds. The van der Waals surface area contributed by atoms with Gasteiger partial charge in [-0.25, -0.2) is 13.2 Å². The van der Waals surface area contributed by atoms with Crippen molar-refractivity contribution in [1.82, 2.24) is 5.32 Å². The first-order chi connectivity index (χ1) is 12.8. The van der Waals surface area contributed by atoms with E-state index in [1.165, 1.54) is 7.11 Å². The van der Waals surface area contributed by atoms with Crippen LogP contribution in [-0.4, -0.2) is 25.5 Å². The molecule has 0 radical (unpaired) electrons. The fourth-order valence-corrected chi connectivity index (χ4v) is 2.52. The minimum absolute atomic E-state index is 0.146. The van der Waals surface area contributed by atoms with E-state index in [4.69, 9.17) is 4.74 Å². The van der Waals surface area contributed by atoms with Gasteiger partial charge >= 0.3 is 0 Å². The van der Waals surface area contributed by atoms with E-state index in [9.17, 15) is 22.8 Å². The number of nitrogens with one attached hydrogen (secondary N) is 1. The molecule has 0 spiro atoms. The lowest BCUT2D eigenvalue weighted by molar-refractivity contribution is -0.121. The predicted octanol–water partition coefficient (Wildman–Crippen LogP) is 3.17. The zero-order valence-electron chi connectivity index (χ0n) is 14.9. The lowest BCUT2D eigenvalue weighted by Crippen LogP contribution is -2.34. The summed E-state index contributed by atoms with van der Waals surface area (Å²) >= 11 is 0. The first kappa shape index (κ1) is 20.3. The molecule has 0 heterocycles. The third-order valence-corrected chi connectivity index (χ3v) is 3.92. The van der Waals surface area contributed by atoms with Gasteiger partial charge in [0.05, 0.1) is 12.8 Å². The number of hydrogen-bond donors (Lipinski definition) is 1. The van der Waals surface area contributed by atoms with Gasteiger partial charge in [0.25, 0.3) is 0 Å². The SMILES string of the molecule is COc1ccccc1CNC(=O)CCN(C(C)=O)c1ccc(F)c(F)c1F. The molecule has 0 unspecified atom stereocenters. The fourth-order valence-electron chi connectivity index (χ4n) is 2.52. The van der Waals surface area contributed by atoms with Crippen molar-refractivity contribution < 1.29 is 27.5 Å². The zero-order chi connectivity index (χ0) is 20.0. The first-order valence-corrected chi connectivity index (χ1v) is 8.15. The van der Waals surface area contributed by atoms with Crippen LogP contribution in [0.15, 0.2) is 36.4 Å². The van der Waals surface area contributed by atoms with E-state index in [2.05, 4.69) is 5.32 Å². The Morgan fingerprint density at radius 3 is 2.44 bits per heavy atom. The number of hydrogen-bond acceptors (Lipinski definition) is 3. The Morgan fingerprint density at radius 1 is 1.07 bits per heavy atom. The summed E-state index contributed by atoms with van der Waals surface area (Å²) < 4.78 is 45.6. The third kappa shape index (κ3) is 4.99. The summed E-state index contributed by atoms with van der Waals surface area (Å²) in [6.07, 6.45) is -0.146. The van der Waals surface area contributed by atoms with Crippen molar-refractivity contribution in [2.24, 2.45) is 0 Å². The molecule has 0 saturated carbocycles. The Kier molecular flexibility index (Phi) is 6.81. The lowest BCUT2D eigenvalue weighted by atomic mass is 10.2. The van der Waals surface area contributed by atoms with E-state index in [1.54, 1.807) is 24.3 Å². The van der Waals surface area contributed by atoms with Crippen molar-refractivity contribution in [3.63, 3.8) is 0 Å². The van der Waals surface area contributed by atoms with Crippen LogP contribution in [0.1, 0.15) is 18.9 Å². The molecule has 0 aliphatic carbocycles. The van der Waals surface area contributed by atoms with E-state index >= 15 is 0 Å². The summed E-state index contributed by atoms with van der Waals surface area (Å²) in [6, 6.07) is 8.83. The average molecular weight is 380 g/mol. The van der Waals surface area contributed by atoms with Crippen molar-refractivity contribution in [1.29, 1.82) is 0 Å². The van der Waals surface area contributed by atoms with Crippen LogP contribution in [0.2, 0.25) is 0 Å². The standard InChI is InChI=1S/C19H19F3N2O3/c1-12(25)24(15-8-7-14(20)18(21)19(15)22)10-9-17(26)23-11-13-5-3-4-6-16(13)27-2/h3-8H,9-11H2,1-2H3,(H,23,26). The molecule has 0 aromatic heterocycles.